The molecule has 0 N–H and O–H groups in total. The van der Waals surface area contributed by atoms with Gasteiger partial charge < -0.3 is 14.4 Å². The third-order valence-corrected chi connectivity index (χ3v) is 11.4. The maximum absolute atomic E-state index is 12.8. The fourth-order valence-electron chi connectivity index (χ4n) is 4.73. The van der Waals surface area contributed by atoms with E-state index in [1.54, 1.807) is 4.90 Å². The number of imide groups is 1. The average Bonchev–Trinajstić information content (AvgIpc) is 3.49. The predicted molar refractivity (Wildman–Crippen MR) is 138 cm³/mol. The molecule has 2 saturated heterocycles. The van der Waals surface area contributed by atoms with Gasteiger partial charge in [0, 0.05) is 13.1 Å². The fourth-order valence-corrected chi connectivity index (χ4v) is 6.01. The van der Waals surface area contributed by atoms with Gasteiger partial charge in [-0.15, -0.1) is 12.3 Å². The van der Waals surface area contributed by atoms with Gasteiger partial charge in [0.2, 0.25) is 5.91 Å². The Morgan fingerprint density at radius 1 is 1.03 bits per heavy atom. The summed E-state index contributed by atoms with van der Waals surface area (Å²) >= 11 is 0. The number of nitrogens with zero attached hydrogens (tertiary/aromatic N) is 2. The second-order valence-corrected chi connectivity index (χ2v) is 17.1. The molecule has 6 nitrogen and oxygen atoms in total. The smallest absolute Gasteiger partial charge is 0.327 e. The van der Waals surface area contributed by atoms with Gasteiger partial charge in [0.05, 0.1) is 20.8 Å². The maximum atomic E-state index is 12.8. The highest BCUT2D eigenvalue weighted by Gasteiger charge is 2.49. The number of amides is 3. The Hall–Kier alpha value is -1.47. The molecule has 33 heavy (non-hydrogen) atoms. The normalized spacial score (nSPS) is 19.5. The van der Waals surface area contributed by atoms with Crippen LogP contribution in [0.1, 0.15) is 67.2 Å². The van der Waals surface area contributed by atoms with Crippen molar-refractivity contribution in [1.82, 2.24) is 9.80 Å². The number of rotatable bonds is 13. The second-order valence-electron chi connectivity index (χ2n) is 12.2. The summed E-state index contributed by atoms with van der Waals surface area (Å²) in [6.45, 7) is 26.9. The molecule has 0 spiro atoms. The number of urea groups is 1. The summed E-state index contributed by atoms with van der Waals surface area (Å²) in [5.41, 5.74) is 2.42. The van der Waals surface area contributed by atoms with Gasteiger partial charge in [0.1, 0.15) is 13.3 Å². The molecule has 0 aromatic rings. The van der Waals surface area contributed by atoms with Crippen LogP contribution < -0.4 is 0 Å². The van der Waals surface area contributed by atoms with E-state index in [2.05, 4.69) is 66.9 Å². The molecule has 0 bridgehead atoms. The van der Waals surface area contributed by atoms with Crippen molar-refractivity contribution in [3.63, 3.8) is 0 Å². The molecule has 1 unspecified atom stereocenters. The number of ether oxygens (including phenoxy) is 1. The van der Waals surface area contributed by atoms with Crippen LogP contribution in [0, 0.1) is 16.2 Å². The molecule has 0 aromatic heterocycles. The molecule has 0 saturated carbocycles. The quantitative estimate of drug-likeness (QED) is 0.197. The maximum Gasteiger partial charge on any atom is 0.327 e. The molecule has 3 amide bonds. The van der Waals surface area contributed by atoms with Gasteiger partial charge in [-0.1, -0.05) is 60.7 Å². The van der Waals surface area contributed by atoms with E-state index in [9.17, 15) is 9.59 Å². The first-order chi connectivity index (χ1) is 15.1. The molecule has 7 heteroatoms. The summed E-state index contributed by atoms with van der Waals surface area (Å²) in [6.07, 6.45) is 4.25. The Bertz CT molecular complexity index is 698. The molecule has 2 aliphatic rings. The Kier molecular flexibility index (Phi) is 10.1. The van der Waals surface area contributed by atoms with Crippen molar-refractivity contribution in [3.8, 4) is 0 Å². The number of carbonyl (C=O) groups excluding carboxylic acids is 3. The average molecular weight is 481 g/mol. The lowest BCUT2D eigenvalue weighted by Crippen LogP contribution is -2.45. The highest BCUT2D eigenvalue weighted by molar-refractivity contribution is 6.82. The minimum Gasteiger partial charge on any atom is -0.373 e. The lowest BCUT2D eigenvalue weighted by atomic mass is 9.52. The van der Waals surface area contributed by atoms with Gasteiger partial charge in [0.15, 0.2) is 0 Å². The zero-order valence-corrected chi connectivity index (χ0v) is 23.5. The van der Waals surface area contributed by atoms with E-state index in [4.69, 9.17) is 9.53 Å². The van der Waals surface area contributed by atoms with Gasteiger partial charge in [-0.2, -0.15) is 0 Å². The van der Waals surface area contributed by atoms with Gasteiger partial charge in [0.25, 0.3) is 0 Å². The highest BCUT2D eigenvalue weighted by atomic mass is 28.3. The molecule has 2 fully saturated rings. The first-order valence-electron chi connectivity index (χ1n) is 12.3. The minimum atomic E-state index is -1.37. The first-order valence-corrected chi connectivity index (χ1v) is 15.6. The van der Waals surface area contributed by atoms with Crippen molar-refractivity contribution in [2.45, 2.75) is 92.5 Å². The van der Waals surface area contributed by atoms with Crippen molar-refractivity contribution >= 4 is 26.8 Å². The summed E-state index contributed by atoms with van der Waals surface area (Å²) in [6, 6.07) is 0.991. The van der Waals surface area contributed by atoms with E-state index in [-0.39, 0.29) is 34.7 Å². The Morgan fingerprint density at radius 2 is 1.61 bits per heavy atom. The standard InChI is InChI=1S/C25H46N2O3Si.CH2O/c1-10-31(8,9)16-12-14-26-18-21(28)27(22(26)29)15-11-13-23(2,3)25(6,7)24(4,5)17-20-19-30-20;1-2/h10,20H,1,11-19H2,2-9H3;1H2. The van der Waals surface area contributed by atoms with Crippen LogP contribution >= 0.6 is 0 Å². The lowest BCUT2D eigenvalue weighted by molar-refractivity contribution is -0.125. The summed E-state index contributed by atoms with van der Waals surface area (Å²) < 4.78 is 5.50. The summed E-state index contributed by atoms with van der Waals surface area (Å²) in [4.78, 5) is 36.5. The SMILES string of the molecule is C=C[Si](C)(C)CCCN1CC(=O)N(CCCC(C)(C)C(C)(C)C(C)(C)CC2CO2)C1=O.C=O. The van der Waals surface area contributed by atoms with Gasteiger partial charge in [-0.25, -0.2) is 4.79 Å². The molecule has 0 aliphatic carbocycles. The number of epoxide rings is 1. The molecule has 0 aromatic carbocycles. The first kappa shape index (κ1) is 29.6. The van der Waals surface area contributed by atoms with Crippen molar-refractivity contribution in [1.29, 1.82) is 0 Å². The molecule has 190 valence electrons. The van der Waals surface area contributed by atoms with Crippen LogP contribution in [0.2, 0.25) is 19.1 Å². The fraction of sp³-hybridized carbons (Fsp3) is 0.808. The molecule has 2 aliphatic heterocycles. The van der Waals surface area contributed by atoms with Crippen molar-refractivity contribution in [3.05, 3.63) is 12.3 Å². The van der Waals surface area contributed by atoms with Gasteiger partial charge in [-0.3, -0.25) is 9.69 Å². The zero-order valence-electron chi connectivity index (χ0n) is 22.5. The van der Waals surface area contributed by atoms with Gasteiger partial charge >= 0.3 is 6.03 Å². The van der Waals surface area contributed by atoms with Crippen LogP contribution in [0.5, 0.6) is 0 Å². The van der Waals surface area contributed by atoms with Gasteiger partial charge in [-0.05, 0) is 41.9 Å². The van der Waals surface area contributed by atoms with E-state index < -0.39 is 8.07 Å². The molecule has 2 rings (SSSR count). The van der Waals surface area contributed by atoms with E-state index in [0.717, 1.165) is 38.3 Å². The lowest BCUT2D eigenvalue weighted by Gasteiger charge is -2.52. The minimum absolute atomic E-state index is 0.0477. The van der Waals surface area contributed by atoms with Crippen LogP contribution in [0.25, 0.3) is 0 Å². The molecule has 2 heterocycles. The van der Waals surface area contributed by atoms with E-state index in [1.807, 2.05) is 6.79 Å². The molecule has 1 atom stereocenters. The van der Waals surface area contributed by atoms with Crippen LogP contribution in [0.4, 0.5) is 4.79 Å². The van der Waals surface area contributed by atoms with Crippen molar-refractivity contribution < 1.29 is 19.1 Å². The van der Waals surface area contributed by atoms with Crippen molar-refractivity contribution in [2.75, 3.05) is 26.2 Å². The topological polar surface area (TPSA) is 70.2 Å². The molecule has 0 radical (unpaired) electrons. The molecular weight excluding hydrogens is 432 g/mol. The van der Waals surface area contributed by atoms with Crippen molar-refractivity contribution in [2.24, 2.45) is 16.2 Å². The monoisotopic (exact) mass is 480 g/mol. The molecular formula is C26H48N2O4Si. The summed E-state index contributed by atoms with van der Waals surface area (Å²) in [5.74, 6) is -0.0477. The Morgan fingerprint density at radius 3 is 2.12 bits per heavy atom. The van der Waals surface area contributed by atoms with Crippen LogP contribution in [0.3, 0.4) is 0 Å². The van der Waals surface area contributed by atoms with E-state index in [1.165, 1.54) is 4.90 Å². The van der Waals surface area contributed by atoms with E-state index in [0.29, 0.717) is 19.2 Å². The van der Waals surface area contributed by atoms with Crippen LogP contribution in [-0.2, 0) is 14.3 Å². The van der Waals surface area contributed by atoms with Crippen LogP contribution in [0.15, 0.2) is 12.3 Å². The Balaban J connectivity index is 0.00000265. The third kappa shape index (κ3) is 7.51. The number of carbonyl (C=O) groups is 3. The number of hydrogen-bond acceptors (Lipinski definition) is 4. The second kappa shape index (κ2) is 11.3. The summed E-state index contributed by atoms with van der Waals surface area (Å²) in [7, 11) is -1.37. The van der Waals surface area contributed by atoms with E-state index >= 15 is 0 Å². The largest absolute Gasteiger partial charge is 0.373 e. The van der Waals surface area contributed by atoms with Crippen LogP contribution in [-0.4, -0.2) is 68.9 Å². The zero-order chi connectivity index (χ0) is 25.7. The third-order valence-electron chi connectivity index (χ3n) is 8.64. The number of hydrogen-bond donors (Lipinski definition) is 0. The summed E-state index contributed by atoms with van der Waals surface area (Å²) in [5, 5.41) is 0. The Labute approximate surface area is 203 Å². The highest BCUT2D eigenvalue weighted by Crippen LogP contribution is 2.56. The predicted octanol–water partition coefficient (Wildman–Crippen LogP) is 5.54.